The Bertz CT molecular complexity index is 578. The number of likely N-dealkylation sites (N-methyl/N-ethyl adjacent to an activating group) is 1. The van der Waals surface area contributed by atoms with Crippen LogP contribution in [0.15, 0.2) is 24.4 Å². The number of hydrogen-bond acceptors (Lipinski definition) is 4. The quantitative estimate of drug-likeness (QED) is 0.827. The van der Waals surface area contributed by atoms with E-state index in [1.54, 1.807) is 0 Å². The van der Waals surface area contributed by atoms with Gasteiger partial charge in [-0.2, -0.15) is 0 Å². The first kappa shape index (κ1) is 13.6. The molecule has 1 heterocycles. The van der Waals surface area contributed by atoms with Gasteiger partial charge in [0.05, 0.1) is 0 Å². The van der Waals surface area contributed by atoms with Gasteiger partial charge in [-0.1, -0.05) is 0 Å². The number of hydrogen-bond donors (Lipinski definition) is 2. The van der Waals surface area contributed by atoms with E-state index >= 15 is 0 Å². The first-order valence-electron chi connectivity index (χ1n) is 6.53. The number of aromatic nitrogens is 1. The highest BCUT2D eigenvalue weighted by molar-refractivity contribution is 6.00. The van der Waals surface area contributed by atoms with E-state index in [-0.39, 0.29) is 0 Å². The summed E-state index contributed by atoms with van der Waals surface area (Å²) in [6, 6.07) is 6.43. The zero-order valence-electron chi connectivity index (χ0n) is 12.1. The van der Waals surface area contributed by atoms with Crippen LogP contribution in [-0.2, 0) is 0 Å². The Morgan fingerprint density at radius 3 is 2.74 bits per heavy atom. The van der Waals surface area contributed by atoms with E-state index < -0.39 is 0 Å². The van der Waals surface area contributed by atoms with Gasteiger partial charge in [-0.15, -0.1) is 0 Å². The standard InChI is InChI=1S/C15H22N4/c1-10-7-12-13(8-17-10)14(16)5-6-15(12)18-11(2)9-19(3)4/h5-8,11,18H,9,16H2,1-4H3. The van der Waals surface area contributed by atoms with Crippen molar-refractivity contribution < 1.29 is 0 Å². The number of anilines is 2. The summed E-state index contributed by atoms with van der Waals surface area (Å²) in [5.41, 5.74) is 8.90. The third kappa shape index (κ3) is 3.15. The average Bonchev–Trinajstić information content (AvgIpc) is 2.32. The smallest absolute Gasteiger partial charge is 0.0425 e. The fraction of sp³-hybridized carbons (Fsp3) is 0.400. The Morgan fingerprint density at radius 2 is 2.05 bits per heavy atom. The van der Waals surface area contributed by atoms with Crippen molar-refractivity contribution in [3.63, 3.8) is 0 Å². The van der Waals surface area contributed by atoms with Crippen LogP contribution in [0.4, 0.5) is 11.4 Å². The van der Waals surface area contributed by atoms with Crippen molar-refractivity contribution in [3.8, 4) is 0 Å². The van der Waals surface area contributed by atoms with Crippen molar-refractivity contribution in [2.24, 2.45) is 0 Å². The molecule has 0 spiro atoms. The minimum absolute atomic E-state index is 0.371. The van der Waals surface area contributed by atoms with Gasteiger partial charge in [0.2, 0.25) is 0 Å². The van der Waals surface area contributed by atoms with Crippen molar-refractivity contribution in [2.45, 2.75) is 19.9 Å². The first-order chi connectivity index (χ1) is 8.97. The molecule has 1 atom stereocenters. The molecule has 0 radical (unpaired) electrons. The number of fused-ring (bicyclic) bond motifs is 1. The predicted molar refractivity (Wildman–Crippen MR) is 82.5 cm³/mol. The number of aryl methyl sites for hydroxylation is 1. The van der Waals surface area contributed by atoms with Crippen LogP contribution in [0.5, 0.6) is 0 Å². The highest BCUT2D eigenvalue weighted by atomic mass is 15.1. The molecule has 1 unspecified atom stereocenters. The summed E-state index contributed by atoms with van der Waals surface area (Å²) in [6.45, 7) is 5.15. The van der Waals surface area contributed by atoms with Crippen LogP contribution in [0, 0.1) is 6.92 Å². The second-order valence-electron chi connectivity index (χ2n) is 5.38. The molecule has 19 heavy (non-hydrogen) atoms. The molecule has 0 bridgehead atoms. The fourth-order valence-corrected chi connectivity index (χ4v) is 2.35. The lowest BCUT2D eigenvalue weighted by atomic mass is 10.1. The highest BCUT2D eigenvalue weighted by Gasteiger charge is 2.08. The van der Waals surface area contributed by atoms with E-state index in [1.807, 2.05) is 25.3 Å². The maximum absolute atomic E-state index is 6.01. The molecule has 102 valence electrons. The molecule has 3 N–H and O–H groups in total. The van der Waals surface area contributed by atoms with E-state index in [1.165, 1.54) is 0 Å². The minimum atomic E-state index is 0.371. The second kappa shape index (κ2) is 5.45. The number of pyridine rings is 1. The number of nitrogens with two attached hydrogens (primary N) is 1. The summed E-state index contributed by atoms with van der Waals surface area (Å²) in [6.07, 6.45) is 1.85. The number of rotatable bonds is 4. The van der Waals surface area contributed by atoms with Gasteiger partial charge in [0.15, 0.2) is 0 Å². The van der Waals surface area contributed by atoms with Gasteiger partial charge in [0, 0.05) is 46.6 Å². The van der Waals surface area contributed by atoms with Crippen LogP contribution in [0.1, 0.15) is 12.6 Å². The maximum atomic E-state index is 6.01. The van der Waals surface area contributed by atoms with Crippen LogP contribution in [0.25, 0.3) is 10.8 Å². The molecular weight excluding hydrogens is 236 g/mol. The molecule has 4 heteroatoms. The summed E-state index contributed by atoms with van der Waals surface area (Å²) >= 11 is 0. The minimum Gasteiger partial charge on any atom is -0.398 e. The predicted octanol–water partition coefficient (Wildman–Crippen LogP) is 2.49. The molecule has 0 aliphatic heterocycles. The number of benzene rings is 1. The van der Waals surface area contributed by atoms with Gasteiger partial charge in [-0.3, -0.25) is 4.98 Å². The fourth-order valence-electron chi connectivity index (χ4n) is 2.35. The molecule has 4 nitrogen and oxygen atoms in total. The van der Waals surface area contributed by atoms with Crippen molar-refractivity contribution in [3.05, 3.63) is 30.1 Å². The molecule has 0 saturated carbocycles. The molecule has 0 aliphatic rings. The summed E-state index contributed by atoms with van der Waals surface area (Å²) in [7, 11) is 4.15. The Hall–Kier alpha value is -1.81. The van der Waals surface area contributed by atoms with Crippen molar-refractivity contribution >= 4 is 22.1 Å². The molecule has 0 saturated heterocycles. The van der Waals surface area contributed by atoms with E-state index in [9.17, 15) is 0 Å². The molecule has 0 amide bonds. The lowest BCUT2D eigenvalue weighted by Gasteiger charge is -2.21. The lowest BCUT2D eigenvalue weighted by molar-refractivity contribution is 0.392. The van der Waals surface area contributed by atoms with Gasteiger partial charge < -0.3 is 16.0 Å². The van der Waals surface area contributed by atoms with E-state index in [2.05, 4.69) is 42.3 Å². The third-order valence-electron chi connectivity index (χ3n) is 3.11. The zero-order valence-corrected chi connectivity index (χ0v) is 12.1. The van der Waals surface area contributed by atoms with E-state index in [4.69, 9.17) is 5.73 Å². The van der Waals surface area contributed by atoms with Crippen LogP contribution in [0.2, 0.25) is 0 Å². The van der Waals surface area contributed by atoms with Crippen LogP contribution in [0.3, 0.4) is 0 Å². The molecule has 0 aliphatic carbocycles. The monoisotopic (exact) mass is 258 g/mol. The number of nitrogens with zero attached hydrogens (tertiary/aromatic N) is 2. The zero-order chi connectivity index (χ0) is 14.0. The average molecular weight is 258 g/mol. The van der Waals surface area contributed by atoms with Crippen molar-refractivity contribution in [1.29, 1.82) is 0 Å². The molecule has 1 aromatic carbocycles. The maximum Gasteiger partial charge on any atom is 0.0425 e. The van der Waals surface area contributed by atoms with Crippen LogP contribution in [-0.4, -0.2) is 36.6 Å². The molecule has 0 fully saturated rings. The molecular formula is C15H22N4. The summed E-state index contributed by atoms with van der Waals surface area (Å²) < 4.78 is 0. The van der Waals surface area contributed by atoms with Gasteiger partial charge in [0.25, 0.3) is 0 Å². The number of nitrogens with one attached hydrogen (secondary N) is 1. The Morgan fingerprint density at radius 1 is 1.32 bits per heavy atom. The van der Waals surface area contributed by atoms with Gasteiger partial charge in [-0.05, 0) is 46.1 Å². The third-order valence-corrected chi connectivity index (χ3v) is 3.11. The van der Waals surface area contributed by atoms with Gasteiger partial charge in [0.1, 0.15) is 0 Å². The Labute approximate surface area is 114 Å². The second-order valence-corrected chi connectivity index (χ2v) is 5.38. The molecule has 1 aromatic heterocycles. The van der Waals surface area contributed by atoms with Crippen LogP contribution < -0.4 is 11.1 Å². The highest BCUT2D eigenvalue weighted by Crippen LogP contribution is 2.28. The lowest BCUT2D eigenvalue weighted by Crippen LogP contribution is -2.29. The van der Waals surface area contributed by atoms with Crippen LogP contribution >= 0.6 is 0 Å². The Balaban J connectivity index is 2.38. The first-order valence-corrected chi connectivity index (χ1v) is 6.53. The summed E-state index contributed by atoms with van der Waals surface area (Å²) in [4.78, 5) is 6.49. The number of nitrogen functional groups attached to an aromatic ring is 1. The van der Waals surface area contributed by atoms with Crippen molar-refractivity contribution in [1.82, 2.24) is 9.88 Å². The Kier molecular flexibility index (Phi) is 3.90. The normalized spacial score (nSPS) is 12.9. The van der Waals surface area contributed by atoms with E-state index in [0.717, 1.165) is 34.4 Å². The molecule has 2 aromatic rings. The van der Waals surface area contributed by atoms with Gasteiger partial charge >= 0.3 is 0 Å². The largest absolute Gasteiger partial charge is 0.398 e. The van der Waals surface area contributed by atoms with E-state index in [0.29, 0.717) is 6.04 Å². The SMILES string of the molecule is Cc1cc2c(NC(C)CN(C)C)ccc(N)c2cn1. The topological polar surface area (TPSA) is 54.2 Å². The summed E-state index contributed by atoms with van der Waals surface area (Å²) in [5, 5.41) is 5.69. The van der Waals surface area contributed by atoms with Gasteiger partial charge in [-0.25, -0.2) is 0 Å². The molecule has 2 rings (SSSR count). The van der Waals surface area contributed by atoms with Crippen molar-refractivity contribution in [2.75, 3.05) is 31.7 Å². The summed E-state index contributed by atoms with van der Waals surface area (Å²) in [5.74, 6) is 0.